The molecule has 0 saturated carbocycles. The molecular weight excluding hydrogens is 369 g/mol. The van der Waals surface area contributed by atoms with E-state index in [0.29, 0.717) is 4.31 Å². The maximum absolute atomic E-state index is 14.0. The normalized spacial score (nSPS) is 11.8. The summed E-state index contributed by atoms with van der Waals surface area (Å²) in [6, 6.07) is 4.80. The smallest absolute Gasteiger partial charge is 0.249 e. The van der Waals surface area contributed by atoms with E-state index in [2.05, 4.69) is 4.74 Å². The van der Waals surface area contributed by atoms with Crippen LogP contribution in [0, 0.1) is 29.1 Å². The van der Waals surface area contributed by atoms with Crippen molar-refractivity contribution >= 4 is 10.0 Å². The Morgan fingerprint density at radius 2 is 1.56 bits per heavy atom. The minimum Gasteiger partial charge on any atom is -0.491 e. The molecule has 0 saturated heterocycles. The molecule has 4 nitrogen and oxygen atoms in total. The molecule has 0 spiro atoms. The fourth-order valence-electron chi connectivity index (χ4n) is 2.13. The van der Waals surface area contributed by atoms with E-state index >= 15 is 0 Å². The molecule has 10 heteroatoms. The number of hydrogen-bond acceptors (Lipinski definition) is 3. The zero-order chi connectivity index (χ0) is 18.9. The first-order valence-corrected chi connectivity index (χ1v) is 8.16. The monoisotopic (exact) mass is 381 g/mol. The Labute approximate surface area is 140 Å². The summed E-state index contributed by atoms with van der Waals surface area (Å²) in [5.74, 6) is -10.2. The summed E-state index contributed by atoms with van der Waals surface area (Å²) < 4.78 is 98.0. The third kappa shape index (κ3) is 3.45. The third-order valence-corrected chi connectivity index (χ3v) is 5.17. The van der Waals surface area contributed by atoms with Crippen molar-refractivity contribution in [3.05, 3.63) is 58.9 Å². The summed E-state index contributed by atoms with van der Waals surface area (Å²) in [4.78, 5) is -1.79. The molecule has 0 unspecified atom stereocenters. The van der Waals surface area contributed by atoms with Crippen LogP contribution in [0.4, 0.5) is 22.0 Å². The Morgan fingerprint density at radius 1 is 1.00 bits per heavy atom. The van der Waals surface area contributed by atoms with E-state index in [4.69, 9.17) is 0 Å². The van der Waals surface area contributed by atoms with E-state index in [0.717, 1.165) is 26.3 Å². The van der Waals surface area contributed by atoms with E-state index in [1.54, 1.807) is 0 Å². The maximum atomic E-state index is 14.0. The summed E-state index contributed by atoms with van der Waals surface area (Å²) in [7, 11) is -3.26. The van der Waals surface area contributed by atoms with Gasteiger partial charge in [0.25, 0.3) is 0 Å². The molecule has 0 atom stereocenters. The Hall–Kier alpha value is -2.20. The van der Waals surface area contributed by atoms with Gasteiger partial charge in [0.2, 0.25) is 21.7 Å². The summed E-state index contributed by atoms with van der Waals surface area (Å²) >= 11 is 0. The predicted molar refractivity (Wildman–Crippen MR) is 77.9 cm³/mol. The lowest BCUT2D eigenvalue weighted by molar-refractivity contribution is 0.320. The van der Waals surface area contributed by atoms with Crippen LogP contribution in [0.3, 0.4) is 0 Å². The molecule has 0 amide bonds. The van der Waals surface area contributed by atoms with Gasteiger partial charge in [-0.15, -0.1) is 0 Å². The van der Waals surface area contributed by atoms with Gasteiger partial charge >= 0.3 is 0 Å². The average Bonchev–Trinajstić information content (AvgIpc) is 2.53. The number of halogens is 5. The molecule has 0 N–H and O–H groups in total. The molecule has 2 aromatic carbocycles. The molecule has 2 aromatic rings. The number of rotatable bonds is 5. The number of hydrogen-bond donors (Lipinski definition) is 0. The second-order valence-corrected chi connectivity index (χ2v) is 6.99. The van der Waals surface area contributed by atoms with Crippen LogP contribution in [-0.2, 0) is 16.6 Å². The lowest BCUT2D eigenvalue weighted by atomic mass is 10.2. The second-order valence-electron chi connectivity index (χ2n) is 5.01. The molecule has 0 aliphatic carbocycles. The van der Waals surface area contributed by atoms with E-state index in [1.165, 1.54) is 12.1 Å². The third-order valence-electron chi connectivity index (χ3n) is 3.35. The van der Waals surface area contributed by atoms with Gasteiger partial charge in [-0.3, -0.25) is 0 Å². The fourth-order valence-corrected chi connectivity index (χ4v) is 3.39. The molecule has 0 aromatic heterocycles. The van der Waals surface area contributed by atoms with Crippen molar-refractivity contribution in [2.24, 2.45) is 0 Å². The molecule has 0 aliphatic rings. The first-order chi connectivity index (χ1) is 11.6. The highest BCUT2D eigenvalue weighted by atomic mass is 32.2. The van der Waals surface area contributed by atoms with Gasteiger partial charge in [0.15, 0.2) is 22.3 Å². The quantitative estimate of drug-likeness (QED) is 0.590. The van der Waals surface area contributed by atoms with Gasteiger partial charge in [-0.2, -0.15) is 13.1 Å². The van der Waals surface area contributed by atoms with Crippen LogP contribution in [0.25, 0.3) is 0 Å². The number of benzene rings is 2. The average molecular weight is 381 g/mol. The summed E-state index contributed by atoms with van der Waals surface area (Å²) in [5.41, 5.74) is 0.168. The molecule has 25 heavy (non-hydrogen) atoms. The SMILES string of the molecule is COc1c(F)c(F)c(S(=O)(=O)N(C)Cc2cccc(F)c2)c(F)c1F. The van der Waals surface area contributed by atoms with E-state index in [-0.39, 0.29) is 5.56 Å². The number of nitrogens with zero attached hydrogens (tertiary/aromatic N) is 1. The summed E-state index contributed by atoms with van der Waals surface area (Å²) in [6.45, 7) is -0.478. The van der Waals surface area contributed by atoms with E-state index in [1.807, 2.05) is 0 Å². The number of ether oxygens (including phenoxy) is 1. The first kappa shape index (κ1) is 19.1. The fraction of sp³-hybridized carbons (Fsp3) is 0.200. The van der Waals surface area contributed by atoms with Gasteiger partial charge in [0.1, 0.15) is 5.82 Å². The molecule has 2 rings (SSSR count). The molecular formula is C15H12F5NO3S. The highest BCUT2D eigenvalue weighted by Gasteiger charge is 2.36. The highest BCUT2D eigenvalue weighted by molar-refractivity contribution is 7.89. The van der Waals surface area contributed by atoms with Gasteiger partial charge in [0, 0.05) is 13.6 Å². The van der Waals surface area contributed by atoms with Crippen molar-refractivity contribution in [2.75, 3.05) is 14.2 Å². The maximum Gasteiger partial charge on any atom is 0.249 e. The van der Waals surface area contributed by atoms with Crippen molar-refractivity contribution in [1.29, 1.82) is 0 Å². The Kier molecular flexibility index (Phi) is 5.33. The zero-order valence-corrected chi connectivity index (χ0v) is 13.8. The zero-order valence-electron chi connectivity index (χ0n) is 13.0. The van der Waals surface area contributed by atoms with Gasteiger partial charge in [-0.05, 0) is 17.7 Å². The van der Waals surface area contributed by atoms with Gasteiger partial charge in [0.05, 0.1) is 7.11 Å². The first-order valence-electron chi connectivity index (χ1n) is 6.72. The summed E-state index contributed by atoms with van der Waals surface area (Å²) in [5, 5.41) is 0. The van der Waals surface area contributed by atoms with E-state index in [9.17, 15) is 30.4 Å². The molecule has 0 bridgehead atoms. The number of sulfonamides is 1. The van der Waals surface area contributed by atoms with Crippen molar-refractivity contribution in [3.8, 4) is 5.75 Å². The van der Waals surface area contributed by atoms with Crippen molar-refractivity contribution in [3.63, 3.8) is 0 Å². The number of methoxy groups -OCH3 is 1. The van der Waals surface area contributed by atoms with Crippen LogP contribution in [-0.4, -0.2) is 26.9 Å². The van der Waals surface area contributed by atoms with Crippen LogP contribution in [0.2, 0.25) is 0 Å². The van der Waals surface area contributed by atoms with Gasteiger partial charge in [-0.25, -0.2) is 21.6 Å². The second kappa shape index (κ2) is 6.96. The standard InChI is InChI=1S/C15H12F5NO3S/c1-21(7-8-4-3-5-9(16)6-8)25(22,23)15-12(19)10(17)14(24-2)11(18)13(15)20/h3-6H,7H2,1-2H3. The van der Waals surface area contributed by atoms with Crippen LogP contribution >= 0.6 is 0 Å². The minimum absolute atomic E-state index is 0.168. The largest absolute Gasteiger partial charge is 0.491 e. The van der Waals surface area contributed by atoms with Crippen molar-refractivity contribution in [2.45, 2.75) is 11.4 Å². The highest BCUT2D eigenvalue weighted by Crippen LogP contribution is 2.33. The molecule has 0 aliphatic heterocycles. The van der Waals surface area contributed by atoms with E-state index < -0.39 is 56.3 Å². The van der Waals surface area contributed by atoms with Crippen molar-refractivity contribution in [1.82, 2.24) is 4.31 Å². The Bertz CT molecular complexity index is 889. The molecule has 136 valence electrons. The van der Waals surface area contributed by atoms with Crippen LogP contribution in [0.15, 0.2) is 29.2 Å². The van der Waals surface area contributed by atoms with Gasteiger partial charge < -0.3 is 4.74 Å². The lowest BCUT2D eigenvalue weighted by Crippen LogP contribution is -2.29. The van der Waals surface area contributed by atoms with Crippen LogP contribution in [0.1, 0.15) is 5.56 Å². The summed E-state index contributed by atoms with van der Waals surface area (Å²) in [6.07, 6.45) is 0. The van der Waals surface area contributed by atoms with Crippen molar-refractivity contribution < 1.29 is 35.1 Å². The topological polar surface area (TPSA) is 46.6 Å². The Balaban J connectivity index is 2.53. The lowest BCUT2D eigenvalue weighted by Gasteiger charge is -2.19. The predicted octanol–water partition coefficient (Wildman–Crippen LogP) is 3.21. The Morgan fingerprint density at radius 3 is 2.04 bits per heavy atom. The van der Waals surface area contributed by atoms with Crippen LogP contribution in [0.5, 0.6) is 5.75 Å². The van der Waals surface area contributed by atoms with Crippen LogP contribution < -0.4 is 4.74 Å². The molecule has 0 heterocycles. The van der Waals surface area contributed by atoms with Gasteiger partial charge in [-0.1, -0.05) is 12.1 Å². The molecule has 0 fully saturated rings. The minimum atomic E-state index is -4.96. The molecule has 0 radical (unpaired) electrons.